The molecule has 22 heavy (non-hydrogen) atoms. The Balaban J connectivity index is 4.96. The molecule has 8 heteroatoms. The Hall–Kier alpha value is -2.27. The van der Waals surface area contributed by atoms with E-state index in [-0.39, 0.29) is 12.8 Å². The van der Waals surface area contributed by atoms with Gasteiger partial charge >= 0.3 is 5.97 Å². The summed E-state index contributed by atoms with van der Waals surface area (Å²) in [4.78, 5) is 35.0. The lowest BCUT2D eigenvalue weighted by molar-refractivity contribution is -0.156. The fourth-order valence-electron chi connectivity index (χ4n) is 1.35. The van der Waals surface area contributed by atoms with Crippen molar-refractivity contribution in [3.05, 3.63) is 0 Å². The summed E-state index contributed by atoms with van der Waals surface area (Å²) in [5.74, 6) is -1.84. The second kappa shape index (κ2) is 8.89. The molecule has 0 unspecified atom stereocenters. The average molecular weight is 311 g/mol. The Labute approximate surface area is 129 Å². The van der Waals surface area contributed by atoms with Crippen LogP contribution >= 0.6 is 0 Å². The number of esters is 1. The lowest BCUT2D eigenvalue weighted by Gasteiger charge is -2.23. The molecule has 0 heterocycles. The van der Waals surface area contributed by atoms with Gasteiger partial charge in [0.1, 0.15) is 18.2 Å². The minimum Gasteiger partial charge on any atom is -0.443 e. The number of nitrogens with one attached hydrogen (secondary N) is 2. The van der Waals surface area contributed by atoms with Gasteiger partial charge in [-0.2, -0.15) is 5.26 Å². The lowest BCUT2D eigenvalue weighted by Crippen LogP contribution is -2.47. The quantitative estimate of drug-likeness (QED) is 0.467. The Kier molecular flexibility index (Phi) is 7.98. The molecule has 2 atom stereocenters. The van der Waals surface area contributed by atoms with E-state index in [9.17, 15) is 14.4 Å². The Bertz CT molecular complexity index is 481. The molecule has 0 aromatic rings. The maximum atomic E-state index is 12.1. The van der Waals surface area contributed by atoms with Gasteiger partial charge in [-0.1, -0.05) is 0 Å². The number of Topliss-reactive ketones (excluding diaryl/α,β-unsaturated/α-hetero) is 1. The molecular weight excluding hydrogens is 290 g/mol. The van der Waals surface area contributed by atoms with Gasteiger partial charge in [0.05, 0.1) is 6.21 Å². The molecular formula is C14H21N3O5. The molecule has 0 saturated carbocycles. The molecule has 0 rings (SSSR count). The predicted octanol–water partition coefficient (Wildman–Crippen LogP) is 0.350. The molecule has 0 aliphatic rings. The van der Waals surface area contributed by atoms with E-state index in [4.69, 9.17) is 20.1 Å². The van der Waals surface area contributed by atoms with Gasteiger partial charge in [0.15, 0.2) is 11.4 Å². The number of ether oxygens (including phenoxy) is 2. The first-order chi connectivity index (χ1) is 10.2. The van der Waals surface area contributed by atoms with E-state index in [1.807, 2.05) is 0 Å². The highest BCUT2D eigenvalue weighted by Gasteiger charge is 2.30. The van der Waals surface area contributed by atoms with Crippen molar-refractivity contribution in [1.82, 2.24) is 5.32 Å². The summed E-state index contributed by atoms with van der Waals surface area (Å²) in [5.41, 5.74) is -1.35. The third-order valence-electron chi connectivity index (χ3n) is 2.79. The van der Waals surface area contributed by atoms with E-state index in [1.165, 1.54) is 27.9 Å². The number of nitriles is 1. The van der Waals surface area contributed by atoms with Gasteiger partial charge in [-0.25, -0.2) is 4.79 Å². The largest absolute Gasteiger partial charge is 0.443 e. The third-order valence-corrected chi connectivity index (χ3v) is 2.79. The minimum atomic E-state index is -1.35. The first-order valence-electron chi connectivity index (χ1n) is 6.67. The molecule has 8 nitrogen and oxygen atoms in total. The maximum Gasteiger partial charge on any atom is 0.330 e. The number of methoxy groups -OCH3 is 1. The number of amides is 1. The second-order valence-electron chi connectivity index (χ2n) is 5.13. The van der Waals surface area contributed by atoms with Crippen molar-refractivity contribution in [3.8, 4) is 6.07 Å². The molecule has 2 N–H and O–H groups in total. The highest BCUT2D eigenvalue weighted by Crippen LogP contribution is 2.11. The molecule has 0 aromatic heterocycles. The summed E-state index contributed by atoms with van der Waals surface area (Å²) < 4.78 is 9.85. The van der Waals surface area contributed by atoms with E-state index in [1.54, 1.807) is 6.07 Å². The average Bonchev–Trinajstić information content (AvgIpc) is 2.49. The SMILES string of the molecule is CO[C@H](C)C(=O)N[C@@H](CCC(=O)C=N)C(=O)OC(C)(C)C#N. The Morgan fingerprint density at radius 3 is 2.45 bits per heavy atom. The van der Waals surface area contributed by atoms with Crippen LogP contribution in [0, 0.1) is 16.7 Å². The zero-order chi connectivity index (χ0) is 17.3. The van der Waals surface area contributed by atoms with Crippen LogP contribution in [0.1, 0.15) is 33.6 Å². The van der Waals surface area contributed by atoms with Crippen LogP contribution < -0.4 is 5.32 Å². The van der Waals surface area contributed by atoms with Gasteiger partial charge < -0.3 is 20.2 Å². The topological polar surface area (TPSA) is 129 Å². The standard InChI is InChI=1S/C14H21N3O5/c1-9(21-4)12(19)17-11(6-5-10(18)7-15)13(20)22-14(2,3)8-16/h7,9,11,15H,5-6H2,1-4H3,(H,17,19)/t9-,11+/m1/s1. The summed E-state index contributed by atoms with van der Waals surface area (Å²) in [6.45, 7) is 4.31. The third kappa shape index (κ3) is 6.95. The lowest BCUT2D eigenvalue weighted by atomic mass is 10.1. The van der Waals surface area contributed by atoms with Crippen molar-refractivity contribution in [2.24, 2.45) is 0 Å². The first kappa shape index (κ1) is 19.7. The molecule has 1 amide bonds. The van der Waals surface area contributed by atoms with Gasteiger partial charge in [0.2, 0.25) is 5.91 Å². The highest BCUT2D eigenvalue weighted by molar-refractivity contribution is 6.26. The van der Waals surface area contributed by atoms with Crippen LogP contribution in [-0.2, 0) is 23.9 Å². The van der Waals surface area contributed by atoms with Crippen LogP contribution in [0.15, 0.2) is 0 Å². The summed E-state index contributed by atoms with van der Waals surface area (Å²) in [7, 11) is 1.34. The molecule has 0 saturated heterocycles. The summed E-state index contributed by atoms with van der Waals surface area (Å²) in [6.07, 6.45) is -0.270. The van der Waals surface area contributed by atoms with E-state index < -0.39 is 35.4 Å². The van der Waals surface area contributed by atoms with Crippen molar-refractivity contribution in [3.63, 3.8) is 0 Å². The fourth-order valence-corrected chi connectivity index (χ4v) is 1.35. The summed E-state index contributed by atoms with van der Waals surface area (Å²) >= 11 is 0. The Morgan fingerprint density at radius 1 is 1.41 bits per heavy atom. The number of hydrogen-bond acceptors (Lipinski definition) is 7. The van der Waals surface area contributed by atoms with Crippen molar-refractivity contribution in [1.29, 1.82) is 10.7 Å². The molecule has 0 spiro atoms. The number of carbonyl (C=O) groups is 3. The van der Waals surface area contributed by atoms with Crippen LogP contribution in [-0.4, -0.2) is 48.7 Å². The number of carbonyl (C=O) groups excluding carboxylic acids is 3. The normalized spacial score (nSPS) is 13.4. The van der Waals surface area contributed by atoms with E-state index in [0.717, 1.165) is 0 Å². The molecule has 122 valence electrons. The molecule has 0 radical (unpaired) electrons. The van der Waals surface area contributed by atoms with Gasteiger partial charge in [0, 0.05) is 13.5 Å². The van der Waals surface area contributed by atoms with E-state index in [2.05, 4.69) is 5.32 Å². The van der Waals surface area contributed by atoms with Crippen molar-refractivity contribution < 1.29 is 23.9 Å². The zero-order valence-electron chi connectivity index (χ0n) is 13.1. The first-order valence-corrected chi connectivity index (χ1v) is 6.67. The fraction of sp³-hybridized carbons (Fsp3) is 0.643. The van der Waals surface area contributed by atoms with Gasteiger partial charge in [-0.15, -0.1) is 0 Å². The van der Waals surface area contributed by atoms with Crippen LogP contribution in [0.5, 0.6) is 0 Å². The Morgan fingerprint density at radius 2 is 2.00 bits per heavy atom. The maximum absolute atomic E-state index is 12.1. The molecule has 0 aliphatic carbocycles. The molecule has 0 bridgehead atoms. The minimum absolute atomic E-state index is 0.0310. The zero-order valence-corrected chi connectivity index (χ0v) is 13.1. The molecule has 0 aliphatic heterocycles. The number of ketones is 1. The van der Waals surface area contributed by atoms with Crippen LogP contribution in [0.3, 0.4) is 0 Å². The number of rotatable bonds is 9. The summed E-state index contributed by atoms with van der Waals surface area (Å²) in [6, 6.07) is 0.711. The van der Waals surface area contributed by atoms with Crippen LogP contribution in [0.2, 0.25) is 0 Å². The van der Waals surface area contributed by atoms with Gasteiger partial charge in [-0.05, 0) is 27.2 Å². The van der Waals surface area contributed by atoms with E-state index in [0.29, 0.717) is 6.21 Å². The van der Waals surface area contributed by atoms with Crippen molar-refractivity contribution in [2.45, 2.75) is 51.4 Å². The summed E-state index contributed by atoms with van der Waals surface area (Å²) in [5, 5.41) is 18.1. The highest BCUT2D eigenvalue weighted by atomic mass is 16.6. The van der Waals surface area contributed by atoms with Crippen molar-refractivity contribution in [2.75, 3.05) is 7.11 Å². The van der Waals surface area contributed by atoms with Crippen molar-refractivity contribution >= 4 is 23.9 Å². The van der Waals surface area contributed by atoms with E-state index >= 15 is 0 Å². The predicted molar refractivity (Wildman–Crippen MR) is 77.2 cm³/mol. The van der Waals surface area contributed by atoms with Gasteiger partial charge in [0.25, 0.3) is 0 Å². The monoisotopic (exact) mass is 311 g/mol. The molecule has 0 fully saturated rings. The number of nitrogens with zero attached hydrogens (tertiary/aromatic N) is 1. The van der Waals surface area contributed by atoms with Crippen LogP contribution in [0.4, 0.5) is 0 Å². The number of hydrogen-bond donors (Lipinski definition) is 2. The smallest absolute Gasteiger partial charge is 0.330 e. The second-order valence-corrected chi connectivity index (χ2v) is 5.13. The molecule has 0 aromatic carbocycles. The van der Waals surface area contributed by atoms with Gasteiger partial charge in [-0.3, -0.25) is 9.59 Å². The van der Waals surface area contributed by atoms with Crippen LogP contribution in [0.25, 0.3) is 0 Å².